The molecule has 32 heavy (non-hydrogen) atoms. The van der Waals surface area contributed by atoms with Crippen LogP contribution >= 0.6 is 0 Å². The minimum Gasteiger partial charge on any atom is -0.494 e. The molecule has 0 radical (unpaired) electrons. The highest BCUT2D eigenvalue weighted by Crippen LogP contribution is 2.43. The minimum absolute atomic E-state index is 0.234. The first-order valence-electron chi connectivity index (χ1n) is 11.1. The maximum atomic E-state index is 12.1. The zero-order valence-corrected chi connectivity index (χ0v) is 18.5. The van der Waals surface area contributed by atoms with Crippen molar-refractivity contribution in [2.75, 3.05) is 19.8 Å². The average molecular weight is 433 g/mol. The summed E-state index contributed by atoms with van der Waals surface area (Å²) in [5.41, 5.74) is 5.37. The summed E-state index contributed by atoms with van der Waals surface area (Å²) < 4.78 is 16.7. The summed E-state index contributed by atoms with van der Waals surface area (Å²) in [5, 5.41) is 0. The number of esters is 1. The lowest BCUT2D eigenvalue weighted by Crippen LogP contribution is -2.28. The van der Waals surface area contributed by atoms with E-state index in [-0.39, 0.29) is 11.9 Å². The molecule has 0 saturated heterocycles. The Morgan fingerprint density at radius 1 is 0.938 bits per heavy atom. The molecular formula is C26H28N2O4. The Hall–Kier alpha value is -3.25. The van der Waals surface area contributed by atoms with Gasteiger partial charge in [0.15, 0.2) is 6.10 Å². The van der Waals surface area contributed by atoms with Crippen molar-refractivity contribution < 1.29 is 19.0 Å². The second-order valence-electron chi connectivity index (χ2n) is 7.62. The van der Waals surface area contributed by atoms with E-state index in [0.717, 1.165) is 29.1 Å². The van der Waals surface area contributed by atoms with Crippen LogP contribution in [-0.4, -0.2) is 41.9 Å². The lowest BCUT2D eigenvalue weighted by Gasteiger charge is -2.16. The van der Waals surface area contributed by atoms with Gasteiger partial charge >= 0.3 is 5.97 Å². The summed E-state index contributed by atoms with van der Waals surface area (Å²) in [4.78, 5) is 21.1. The number of fused-ring (bicyclic) bond motifs is 3. The van der Waals surface area contributed by atoms with Gasteiger partial charge in [-0.2, -0.15) is 0 Å². The zero-order chi connectivity index (χ0) is 22.3. The summed E-state index contributed by atoms with van der Waals surface area (Å²) in [7, 11) is 0. The van der Waals surface area contributed by atoms with Gasteiger partial charge in [-0.25, -0.2) is 4.79 Å². The molecule has 2 heterocycles. The fourth-order valence-corrected chi connectivity index (χ4v) is 4.15. The molecule has 1 aliphatic carbocycles. The fraction of sp³-hybridized carbons (Fsp3) is 0.346. The molecule has 0 amide bonds. The fourth-order valence-electron chi connectivity index (χ4n) is 4.15. The van der Waals surface area contributed by atoms with Crippen molar-refractivity contribution in [3.8, 4) is 17.1 Å². The number of carbonyl (C=O) groups is 1. The van der Waals surface area contributed by atoms with Gasteiger partial charge in [0.1, 0.15) is 5.75 Å². The Labute approximate surface area is 188 Å². The van der Waals surface area contributed by atoms with Crippen molar-refractivity contribution in [3.63, 3.8) is 0 Å². The third kappa shape index (κ3) is 4.81. The van der Waals surface area contributed by atoms with Crippen molar-refractivity contribution in [1.82, 2.24) is 9.97 Å². The van der Waals surface area contributed by atoms with Crippen LogP contribution in [0.1, 0.15) is 42.9 Å². The van der Waals surface area contributed by atoms with Crippen molar-refractivity contribution in [2.45, 2.75) is 38.7 Å². The smallest absolute Gasteiger partial charge is 0.335 e. The molecule has 0 fully saturated rings. The number of ether oxygens (including phenoxy) is 3. The highest BCUT2D eigenvalue weighted by molar-refractivity contribution is 5.75. The maximum Gasteiger partial charge on any atom is 0.335 e. The highest BCUT2D eigenvalue weighted by Gasteiger charge is 2.30. The van der Waals surface area contributed by atoms with Gasteiger partial charge in [-0.3, -0.25) is 9.97 Å². The normalized spacial score (nSPS) is 13.3. The summed E-state index contributed by atoms with van der Waals surface area (Å²) in [6.45, 7) is 5.05. The minimum atomic E-state index is -0.587. The van der Waals surface area contributed by atoms with E-state index < -0.39 is 6.10 Å². The number of carbonyl (C=O) groups excluding carboxylic acids is 1. The first-order valence-corrected chi connectivity index (χ1v) is 11.1. The van der Waals surface area contributed by atoms with Crippen molar-refractivity contribution in [2.24, 2.45) is 0 Å². The zero-order valence-electron chi connectivity index (χ0n) is 18.5. The van der Waals surface area contributed by atoms with Gasteiger partial charge in [0.05, 0.1) is 24.6 Å². The number of aromatic nitrogens is 2. The number of benzene rings is 1. The summed E-state index contributed by atoms with van der Waals surface area (Å²) in [6, 6.07) is 16.0. The third-order valence-corrected chi connectivity index (χ3v) is 5.59. The summed E-state index contributed by atoms with van der Waals surface area (Å²) in [6.07, 6.45) is 4.36. The van der Waals surface area contributed by atoms with Crippen LogP contribution in [0.5, 0.6) is 5.75 Å². The molecule has 0 saturated carbocycles. The molecule has 0 bridgehead atoms. The van der Waals surface area contributed by atoms with E-state index in [1.54, 1.807) is 6.92 Å². The maximum absolute atomic E-state index is 12.1. The Balaban J connectivity index is 1.36. The second-order valence-corrected chi connectivity index (χ2v) is 7.62. The first-order chi connectivity index (χ1) is 15.7. The largest absolute Gasteiger partial charge is 0.494 e. The van der Waals surface area contributed by atoms with Gasteiger partial charge in [0, 0.05) is 31.3 Å². The SMILES string of the molecule is CCOC(=O)C(Cc1ccc(OCCC2c3cccnc3-c3ncccc32)cc1)OCC. The van der Waals surface area contributed by atoms with Crippen LogP contribution in [0.25, 0.3) is 11.4 Å². The Kier molecular flexibility index (Phi) is 7.12. The quantitative estimate of drug-likeness (QED) is 0.437. The van der Waals surface area contributed by atoms with Crippen LogP contribution in [0.3, 0.4) is 0 Å². The van der Waals surface area contributed by atoms with Crippen LogP contribution < -0.4 is 4.74 Å². The second kappa shape index (κ2) is 10.4. The van der Waals surface area contributed by atoms with Gasteiger partial charge in [-0.1, -0.05) is 24.3 Å². The van der Waals surface area contributed by atoms with Gasteiger partial charge in [-0.05, 0) is 61.2 Å². The number of hydrogen-bond acceptors (Lipinski definition) is 6. The molecular weight excluding hydrogens is 404 g/mol. The van der Waals surface area contributed by atoms with Crippen LogP contribution in [0.4, 0.5) is 0 Å². The van der Waals surface area contributed by atoms with Crippen molar-refractivity contribution in [3.05, 3.63) is 77.6 Å². The lowest BCUT2D eigenvalue weighted by molar-refractivity contribution is -0.156. The Morgan fingerprint density at radius 3 is 2.19 bits per heavy atom. The molecule has 0 spiro atoms. The van der Waals surface area contributed by atoms with E-state index in [1.807, 2.05) is 55.7 Å². The molecule has 0 aliphatic heterocycles. The average Bonchev–Trinajstić information content (AvgIpc) is 3.14. The Morgan fingerprint density at radius 2 is 1.59 bits per heavy atom. The molecule has 1 unspecified atom stereocenters. The summed E-state index contributed by atoms with van der Waals surface area (Å²) in [5.74, 6) is 0.711. The lowest BCUT2D eigenvalue weighted by atomic mass is 9.95. The van der Waals surface area contributed by atoms with Crippen LogP contribution in [0, 0.1) is 0 Å². The van der Waals surface area contributed by atoms with E-state index in [4.69, 9.17) is 14.2 Å². The van der Waals surface area contributed by atoms with Crippen LogP contribution in [-0.2, 0) is 20.7 Å². The first kappa shape index (κ1) is 22.0. The molecule has 0 N–H and O–H groups in total. The number of rotatable bonds is 10. The van der Waals surface area contributed by atoms with E-state index in [1.165, 1.54) is 11.1 Å². The predicted octanol–water partition coefficient (Wildman–Crippen LogP) is 4.57. The molecule has 6 heteroatoms. The number of pyridine rings is 2. The van der Waals surface area contributed by atoms with E-state index in [0.29, 0.717) is 26.2 Å². The number of hydrogen-bond donors (Lipinski definition) is 0. The Bertz CT molecular complexity index is 1010. The number of nitrogens with zero attached hydrogens (tertiary/aromatic N) is 2. The topological polar surface area (TPSA) is 70.5 Å². The summed E-state index contributed by atoms with van der Waals surface area (Å²) >= 11 is 0. The monoisotopic (exact) mass is 432 g/mol. The molecule has 1 aliphatic rings. The van der Waals surface area contributed by atoms with Crippen molar-refractivity contribution >= 4 is 5.97 Å². The van der Waals surface area contributed by atoms with E-state index in [9.17, 15) is 4.79 Å². The molecule has 1 aromatic carbocycles. The van der Waals surface area contributed by atoms with Crippen LogP contribution in [0.2, 0.25) is 0 Å². The van der Waals surface area contributed by atoms with Gasteiger partial charge in [0.2, 0.25) is 0 Å². The van der Waals surface area contributed by atoms with Crippen LogP contribution in [0.15, 0.2) is 60.9 Å². The third-order valence-electron chi connectivity index (χ3n) is 5.59. The van der Waals surface area contributed by atoms with Gasteiger partial charge in [-0.15, -0.1) is 0 Å². The van der Waals surface area contributed by atoms with E-state index >= 15 is 0 Å². The predicted molar refractivity (Wildman–Crippen MR) is 122 cm³/mol. The molecule has 1 atom stereocenters. The molecule has 6 nitrogen and oxygen atoms in total. The molecule has 166 valence electrons. The van der Waals surface area contributed by atoms with E-state index in [2.05, 4.69) is 22.1 Å². The van der Waals surface area contributed by atoms with Gasteiger partial charge in [0.25, 0.3) is 0 Å². The highest BCUT2D eigenvalue weighted by atomic mass is 16.6. The van der Waals surface area contributed by atoms with Crippen molar-refractivity contribution in [1.29, 1.82) is 0 Å². The standard InChI is InChI=1S/C26H28N2O4/c1-3-30-23(26(29)31-4-2)17-18-9-11-19(12-10-18)32-16-13-20-21-7-5-14-27-24(21)25-22(20)8-6-15-28-25/h5-12,14-15,20,23H,3-4,13,16-17H2,1-2H3. The molecule has 2 aromatic heterocycles. The van der Waals surface area contributed by atoms with Gasteiger partial charge < -0.3 is 14.2 Å². The molecule has 3 aromatic rings. The molecule has 4 rings (SSSR count).